The molecule has 0 saturated heterocycles. The fraction of sp³-hybridized carbons (Fsp3) is 1.00. The van der Waals surface area contributed by atoms with E-state index in [2.05, 4.69) is 31.0 Å². The standard InChI is InChI=1S/C18H36N2/c1-4-13-19-17-9-7-5-6-8-10-18(17)20(15(2)3)14-16-11-12-16/h15-19H,4-14H2,1-3H3. The zero-order valence-corrected chi connectivity index (χ0v) is 14.0. The monoisotopic (exact) mass is 280 g/mol. The van der Waals surface area contributed by atoms with E-state index in [1.165, 1.54) is 70.9 Å². The first-order chi connectivity index (χ1) is 9.72. The van der Waals surface area contributed by atoms with E-state index in [0.29, 0.717) is 6.04 Å². The van der Waals surface area contributed by atoms with E-state index in [4.69, 9.17) is 0 Å². The predicted molar refractivity (Wildman–Crippen MR) is 88.1 cm³/mol. The van der Waals surface area contributed by atoms with Gasteiger partial charge in [0.15, 0.2) is 0 Å². The van der Waals surface area contributed by atoms with Crippen molar-refractivity contribution in [1.29, 1.82) is 0 Å². The fourth-order valence-corrected chi connectivity index (χ4v) is 3.76. The van der Waals surface area contributed by atoms with Gasteiger partial charge in [0, 0.05) is 24.7 Å². The molecule has 2 saturated carbocycles. The predicted octanol–water partition coefficient (Wildman–Crippen LogP) is 4.20. The zero-order valence-electron chi connectivity index (χ0n) is 14.0. The van der Waals surface area contributed by atoms with Gasteiger partial charge < -0.3 is 5.32 Å². The molecule has 2 fully saturated rings. The molecule has 20 heavy (non-hydrogen) atoms. The largest absolute Gasteiger partial charge is 0.312 e. The second-order valence-electron chi connectivity index (χ2n) is 7.35. The summed E-state index contributed by atoms with van der Waals surface area (Å²) in [4.78, 5) is 2.84. The minimum Gasteiger partial charge on any atom is -0.312 e. The van der Waals surface area contributed by atoms with E-state index >= 15 is 0 Å². The molecule has 0 bridgehead atoms. The van der Waals surface area contributed by atoms with Crippen molar-refractivity contribution >= 4 is 0 Å². The maximum atomic E-state index is 3.88. The van der Waals surface area contributed by atoms with Crippen LogP contribution in [0.3, 0.4) is 0 Å². The second kappa shape index (κ2) is 8.38. The first kappa shape index (κ1) is 16.3. The highest BCUT2D eigenvalue weighted by molar-refractivity contribution is 4.90. The van der Waals surface area contributed by atoms with Crippen LogP contribution in [0, 0.1) is 5.92 Å². The lowest BCUT2D eigenvalue weighted by Gasteiger charge is -2.41. The van der Waals surface area contributed by atoms with Gasteiger partial charge in [-0.1, -0.05) is 32.6 Å². The summed E-state index contributed by atoms with van der Waals surface area (Å²) in [6.45, 7) is 9.63. The molecular weight excluding hydrogens is 244 g/mol. The van der Waals surface area contributed by atoms with Crippen molar-refractivity contribution in [2.45, 2.75) is 96.7 Å². The lowest BCUT2D eigenvalue weighted by molar-refractivity contribution is 0.0962. The molecule has 0 spiro atoms. The summed E-state index contributed by atoms with van der Waals surface area (Å²) in [6, 6.07) is 2.21. The van der Waals surface area contributed by atoms with Crippen molar-refractivity contribution in [3.8, 4) is 0 Å². The Kier molecular flexibility index (Phi) is 6.83. The van der Waals surface area contributed by atoms with Gasteiger partial charge >= 0.3 is 0 Å². The highest BCUT2D eigenvalue weighted by Crippen LogP contribution is 2.33. The van der Waals surface area contributed by atoms with Crippen molar-refractivity contribution < 1.29 is 0 Å². The molecule has 2 heteroatoms. The van der Waals surface area contributed by atoms with Crippen molar-refractivity contribution in [3.63, 3.8) is 0 Å². The first-order valence-electron chi connectivity index (χ1n) is 9.21. The normalized spacial score (nSPS) is 28.6. The van der Waals surface area contributed by atoms with Crippen LogP contribution < -0.4 is 5.32 Å². The van der Waals surface area contributed by atoms with E-state index in [1.807, 2.05) is 0 Å². The van der Waals surface area contributed by atoms with E-state index in [1.54, 1.807) is 0 Å². The SMILES string of the molecule is CCCNC1CCCCCCC1N(CC1CC1)C(C)C. The van der Waals surface area contributed by atoms with Crippen LogP contribution in [0.25, 0.3) is 0 Å². The van der Waals surface area contributed by atoms with Gasteiger partial charge in [-0.2, -0.15) is 0 Å². The highest BCUT2D eigenvalue weighted by atomic mass is 15.2. The molecule has 118 valence electrons. The van der Waals surface area contributed by atoms with Crippen molar-refractivity contribution in [3.05, 3.63) is 0 Å². The Morgan fingerprint density at radius 1 is 1.00 bits per heavy atom. The van der Waals surface area contributed by atoms with Crippen LogP contribution in [-0.4, -0.2) is 36.1 Å². The molecule has 0 amide bonds. The van der Waals surface area contributed by atoms with Crippen molar-refractivity contribution in [2.75, 3.05) is 13.1 Å². The molecule has 1 N–H and O–H groups in total. The lowest BCUT2D eigenvalue weighted by Crippen LogP contribution is -2.53. The fourth-order valence-electron chi connectivity index (χ4n) is 3.76. The third-order valence-electron chi connectivity index (χ3n) is 5.14. The van der Waals surface area contributed by atoms with Gasteiger partial charge in [-0.05, 0) is 58.4 Å². The molecule has 2 nitrogen and oxygen atoms in total. The number of rotatable bonds is 7. The third kappa shape index (κ3) is 5.04. The van der Waals surface area contributed by atoms with Gasteiger partial charge in [0.1, 0.15) is 0 Å². The van der Waals surface area contributed by atoms with Crippen molar-refractivity contribution in [1.82, 2.24) is 10.2 Å². The molecule has 2 unspecified atom stereocenters. The summed E-state index contributed by atoms with van der Waals surface area (Å²) in [7, 11) is 0. The molecule has 0 aromatic rings. The van der Waals surface area contributed by atoms with Crippen LogP contribution in [0.1, 0.15) is 78.6 Å². The van der Waals surface area contributed by atoms with E-state index in [9.17, 15) is 0 Å². The Hall–Kier alpha value is -0.0800. The van der Waals surface area contributed by atoms with E-state index < -0.39 is 0 Å². The summed E-state index contributed by atoms with van der Waals surface area (Å²) in [5.74, 6) is 1.01. The molecule has 2 atom stereocenters. The smallest absolute Gasteiger partial charge is 0.0252 e. The molecule has 0 radical (unpaired) electrons. The number of hydrogen-bond donors (Lipinski definition) is 1. The minimum atomic E-state index is 0.700. The summed E-state index contributed by atoms with van der Waals surface area (Å²) >= 11 is 0. The molecule has 0 heterocycles. The van der Waals surface area contributed by atoms with Gasteiger partial charge in [-0.25, -0.2) is 0 Å². The molecule has 2 aliphatic carbocycles. The van der Waals surface area contributed by atoms with Crippen LogP contribution in [0.4, 0.5) is 0 Å². The summed E-state index contributed by atoms with van der Waals surface area (Å²) in [5, 5.41) is 3.88. The first-order valence-corrected chi connectivity index (χ1v) is 9.21. The average Bonchev–Trinajstić information content (AvgIpc) is 3.20. The number of nitrogens with one attached hydrogen (secondary N) is 1. The molecule has 2 aliphatic rings. The molecule has 0 aliphatic heterocycles. The Morgan fingerprint density at radius 2 is 1.70 bits per heavy atom. The van der Waals surface area contributed by atoms with Gasteiger partial charge in [-0.15, -0.1) is 0 Å². The Labute approximate surface area is 126 Å². The van der Waals surface area contributed by atoms with E-state index in [-0.39, 0.29) is 0 Å². The maximum absolute atomic E-state index is 3.88. The van der Waals surface area contributed by atoms with Crippen LogP contribution in [0.15, 0.2) is 0 Å². The van der Waals surface area contributed by atoms with Crippen molar-refractivity contribution in [2.24, 2.45) is 5.92 Å². The van der Waals surface area contributed by atoms with Crippen LogP contribution in [0.5, 0.6) is 0 Å². The summed E-state index contributed by atoms with van der Waals surface area (Å²) < 4.78 is 0. The molecule has 0 aromatic carbocycles. The van der Waals surface area contributed by atoms with Crippen LogP contribution in [0.2, 0.25) is 0 Å². The maximum Gasteiger partial charge on any atom is 0.0252 e. The van der Waals surface area contributed by atoms with Gasteiger partial charge in [-0.3, -0.25) is 4.90 Å². The molecule has 2 rings (SSSR count). The second-order valence-corrected chi connectivity index (χ2v) is 7.35. The quantitative estimate of drug-likeness (QED) is 0.752. The lowest BCUT2D eigenvalue weighted by atomic mass is 9.90. The highest BCUT2D eigenvalue weighted by Gasteiger charge is 2.33. The van der Waals surface area contributed by atoms with Gasteiger partial charge in [0.25, 0.3) is 0 Å². The third-order valence-corrected chi connectivity index (χ3v) is 5.14. The number of nitrogens with zero attached hydrogens (tertiary/aromatic N) is 1. The Balaban J connectivity index is 2.01. The Morgan fingerprint density at radius 3 is 2.30 bits per heavy atom. The number of hydrogen-bond acceptors (Lipinski definition) is 2. The molecular formula is C18H36N2. The topological polar surface area (TPSA) is 15.3 Å². The zero-order chi connectivity index (χ0) is 14.4. The average molecular weight is 280 g/mol. The van der Waals surface area contributed by atoms with Crippen LogP contribution in [-0.2, 0) is 0 Å². The minimum absolute atomic E-state index is 0.700. The van der Waals surface area contributed by atoms with Gasteiger partial charge in [0.2, 0.25) is 0 Å². The summed E-state index contributed by atoms with van der Waals surface area (Å²) in [6.07, 6.45) is 12.8. The van der Waals surface area contributed by atoms with Gasteiger partial charge in [0.05, 0.1) is 0 Å². The van der Waals surface area contributed by atoms with Crippen LogP contribution >= 0.6 is 0 Å². The Bertz CT molecular complexity index is 258. The van der Waals surface area contributed by atoms with E-state index in [0.717, 1.165) is 18.0 Å². The summed E-state index contributed by atoms with van der Waals surface area (Å²) in [5.41, 5.74) is 0. The molecule has 0 aromatic heterocycles.